The number of fused-ring (bicyclic) bond motifs is 2. The van der Waals surface area contributed by atoms with Gasteiger partial charge in [0.2, 0.25) is 0 Å². The second-order valence-corrected chi connectivity index (χ2v) is 14.7. The van der Waals surface area contributed by atoms with Gasteiger partial charge in [0.05, 0.1) is 0 Å². The van der Waals surface area contributed by atoms with E-state index in [9.17, 15) is 0 Å². The third-order valence-electron chi connectivity index (χ3n) is 7.99. The Kier molecular flexibility index (Phi) is 5.30. The molecular formula is C32H26ClO3P. The molecule has 0 N–H and O–H groups in total. The summed E-state index contributed by atoms with van der Waals surface area (Å²) in [5, 5.41) is 4.31. The molecule has 3 aliphatic rings. The molecule has 2 saturated heterocycles. The van der Waals surface area contributed by atoms with Gasteiger partial charge in [0.1, 0.15) is 0 Å². The first-order valence-electron chi connectivity index (χ1n) is 12.5. The summed E-state index contributed by atoms with van der Waals surface area (Å²) in [6.45, 7) is -3.38. The minimum atomic E-state index is -3.62. The topological polar surface area (TPSA) is 27.7 Å². The van der Waals surface area contributed by atoms with Crippen LogP contribution in [-0.4, -0.2) is 12.5 Å². The van der Waals surface area contributed by atoms with Gasteiger partial charge in [-0.1, -0.05) is 0 Å². The molecule has 7 rings (SSSR count). The van der Waals surface area contributed by atoms with Crippen LogP contribution >= 0.6 is 18.4 Å². The van der Waals surface area contributed by atoms with Crippen molar-refractivity contribution in [2.24, 2.45) is 5.92 Å². The van der Waals surface area contributed by atoms with Crippen molar-refractivity contribution in [2.75, 3.05) is 6.79 Å². The Morgan fingerprint density at radius 1 is 0.595 bits per heavy atom. The predicted octanol–water partition coefficient (Wildman–Crippen LogP) is 6.63. The summed E-state index contributed by atoms with van der Waals surface area (Å²) in [6.07, 6.45) is 4.30. The van der Waals surface area contributed by atoms with Crippen molar-refractivity contribution in [1.82, 2.24) is 0 Å². The zero-order valence-electron chi connectivity index (χ0n) is 20.1. The molecule has 0 saturated carbocycles. The molecular weight excluding hydrogens is 499 g/mol. The van der Waals surface area contributed by atoms with Crippen LogP contribution in [0.25, 0.3) is 0 Å². The van der Waals surface area contributed by atoms with Gasteiger partial charge < -0.3 is 0 Å². The van der Waals surface area contributed by atoms with Crippen LogP contribution in [-0.2, 0) is 14.0 Å². The first-order valence-corrected chi connectivity index (χ1v) is 15.1. The fraction of sp³-hybridized carbons (Fsp3) is 0.125. The summed E-state index contributed by atoms with van der Waals surface area (Å²) in [5.74, 6) is 1.63. The van der Waals surface area contributed by atoms with Crippen LogP contribution in [0, 0.1) is 5.92 Å². The van der Waals surface area contributed by atoms with Gasteiger partial charge in [-0.25, -0.2) is 0 Å². The van der Waals surface area contributed by atoms with Crippen LogP contribution in [0.3, 0.4) is 0 Å². The van der Waals surface area contributed by atoms with Crippen molar-refractivity contribution >= 4 is 34.3 Å². The number of rotatable bonds is 4. The van der Waals surface area contributed by atoms with Crippen LogP contribution in [0.4, 0.5) is 0 Å². The Hall–Kier alpha value is -3.36. The second-order valence-electron chi connectivity index (χ2n) is 9.72. The van der Waals surface area contributed by atoms with E-state index in [1.54, 1.807) is 0 Å². The monoisotopic (exact) mass is 524 g/mol. The summed E-state index contributed by atoms with van der Waals surface area (Å²) in [6, 6.07) is 40.4. The standard InChI is InChI=1S/C32H26ClO3P/c33-24-18-16-23(17-19-24)32-28-20-29-30(35-22-34-29)21-31(28)37(36-32,25-10-4-1-5-11-25,26-12-6-2-7-13-26)27-14-8-3-9-15-27/h1-21,28,31-32H,22H2/t28?,31-,32+/m1/s1. The molecule has 2 heterocycles. The molecule has 4 aromatic carbocycles. The van der Waals surface area contributed by atoms with Gasteiger partial charge in [-0.15, -0.1) is 0 Å². The van der Waals surface area contributed by atoms with Gasteiger partial charge in [-0.2, -0.15) is 0 Å². The number of ether oxygens (including phenoxy) is 2. The van der Waals surface area contributed by atoms with Gasteiger partial charge in [-0.05, 0) is 0 Å². The number of hydrogen-bond acceptors (Lipinski definition) is 3. The third kappa shape index (κ3) is 3.15. The summed E-state index contributed by atoms with van der Waals surface area (Å²) < 4.78 is 19.7. The van der Waals surface area contributed by atoms with Gasteiger partial charge in [-0.3, -0.25) is 0 Å². The normalized spacial score (nSPS) is 25.8. The predicted molar refractivity (Wildman–Crippen MR) is 151 cm³/mol. The quantitative estimate of drug-likeness (QED) is 0.281. The Balaban J connectivity index is 1.63. The van der Waals surface area contributed by atoms with E-state index in [0.717, 1.165) is 17.1 Å². The van der Waals surface area contributed by atoms with Crippen molar-refractivity contribution in [3.63, 3.8) is 0 Å². The van der Waals surface area contributed by atoms with Crippen LogP contribution < -0.4 is 15.9 Å². The molecule has 37 heavy (non-hydrogen) atoms. The Labute approximate surface area is 222 Å². The van der Waals surface area contributed by atoms with E-state index in [1.165, 1.54) is 15.9 Å². The van der Waals surface area contributed by atoms with Gasteiger partial charge in [0.15, 0.2) is 0 Å². The molecule has 0 aromatic heterocycles. The summed E-state index contributed by atoms with van der Waals surface area (Å²) >= 11 is 6.31. The summed E-state index contributed by atoms with van der Waals surface area (Å²) in [7, 11) is 0. The number of allylic oxidation sites excluding steroid dienone is 1. The Morgan fingerprint density at radius 3 is 1.59 bits per heavy atom. The van der Waals surface area contributed by atoms with Crippen LogP contribution in [0.1, 0.15) is 11.7 Å². The number of halogens is 1. The molecule has 4 aromatic rings. The average molecular weight is 525 g/mol. The van der Waals surface area contributed by atoms with Gasteiger partial charge >= 0.3 is 222 Å². The molecule has 5 heteroatoms. The van der Waals surface area contributed by atoms with E-state index in [-0.39, 0.29) is 24.5 Å². The van der Waals surface area contributed by atoms with Gasteiger partial charge in [0.25, 0.3) is 0 Å². The fourth-order valence-electron chi connectivity index (χ4n) is 6.47. The SMILES string of the molecule is Clc1ccc([C@@H]2OP(c3ccccc3)(c3ccccc3)(c3ccccc3)[C@@H]3C=C4OCOC4=CC32)cc1. The average Bonchev–Trinajstić information content (AvgIpc) is 3.55. The van der Waals surface area contributed by atoms with Crippen molar-refractivity contribution in [1.29, 1.82) is 0 Å². The van der Waals surface area contributed by atoms with E-state index < -0.39 is 6.83 Å². The summed E-state index contributed by atoms with van der Waals surface area (Å²) in [5.41, 5.74) is 1.10. The zero-order chi connectivity index (χ0) is 24.9. The van der Waals surface area contributed by atoms with Crippen molar-refractivity contribution < 1.29 is 14.0 Å². The second kappa shape index (κ2) is 8.60. The maximum absolute atomic E-state index is 7.82. The molecule has 0 spiro atoms. The van der Waals surface area contributed by atoms with Crippen molar-refractivity contribution in [3.05, 3.63) is 150 Å². The third-order valence-corrected chi connectivity index (χ3v) is 14.5. The van der Waals surface area contributed by atoms with Crippen molar-refractivity contribution in [3.8, 4) is 0 Å². The molecule has 0 bridgehead atoms. The van der Waals surface area contributed by atoms with Crippen molar-refractivity contribution in [2.45, 2.75) is 11.8 Å². The van der Waals surface area contributed by atoms with Gasteiger partial charge in [0, 0.05) is 0 Å². The molecule has 1 unspecified atom stereocenters. The maximum atomic E-state index is 7.82. The van der Waals surface area contributed by atoms with E-state index in [0.29, 0.717) is 5.02 Å². The van der Waals surface area contributed by atoms with Crippen LogP contribution in [0.15, 0.2) is 139 Å². The molecule has 2 fully saturated rings. The van der Waals surface area contributed by atoms with E-state index in [2.05, 4.69) is 115 Å². The van der Waals surface area contributed by atoms with Crippen LogP contribution in [0.5, 0.6) is 0 Å². The molecule has 1 aliphatic carbocycles. The van der Waals surface area contributed by atoms with E-state index in [4.69, 9.17) is 25.6 Å². The first-order chi connectivity index (χ1) is 18.2. The summed E-state index contributed by atoms with van der Waals surface area (Å²) in [4.78, 5) is 0. The minimum absolute atomic E-state index is 0.000622. The zero-order valence-corrected chi connectivity index (χ0v) is 21.8. The number of hydrogen-bond donors (Lipinski definition) is 0. The molecule has 0 amide bonds. The molecule has 3 atom stereocenters. The molecule has 2 aliphatic heterocycles. The van der Waals surface area contributed by atoms with Crippen LogP contribution in [0.2, 0.25) is 5.02 Å². The van der Waals surface area contributed by atoms with E-state index >= 15 is 0 Å². The molecule has 0 radical (unpaired) electrons. The Morgan fingerprint density at radius 2 is 1.08 bits per heavy atom. The first kappa shape index (κ1) is 22.8. The number of benzene rings is 4. The fourth-order valence-corrected chi connectivity index (χ4v) is 13.4. The Bertz CT molecular complexity index is 1400. The molecule has 3 nitrogen and oxygen atoms in total. The molecule has 184 valence electrons. The van der Waals surface area contributed by atoms with E-state index in [1.807, 2.05) is 12.1 Å².